The van der Waals surface area contributed by atoms with Crippen LogP contribution in [0, 0.1) is 12.3 Å². The summed E-state index contributed by atoms with van der Waals surface area (Å²) in [5, 5.41) is 3.37. The summed E-state index contributed by atoms with van der Waals surface area (Å²) in [7, 11) is 0. The predicted molar refractivity (Wildman–Crippen MR) is 60.3 cm³/mol. The molecule has 0 bridgehead atoms. The van der Waals surface area contributed by atoms with Crippen LogP contribution in [0.2, 0.25) is 0 Å². The molecular weight excluding hydrogens is 188 g/mol. The number of carbonyl (C=O) groups is 1. The Morgan fingerprint density at radius 3 is 2.87 bits per heavy atom. The number of rotatable bonds is 2. The van der Waals surface area contributed by atoms with Crippen molar-refractivity contribution in [3.8, 4) is 0 Å². The molecule has 0 spiro atoms. The van der Waals surface area contributed by atoms with Gasteiger partial charge in [-0.15, -0.1) is 0 Å². The third-order valence-corrected chi connectivity index (χ3v) is 3.42. The molecule has 15 heavy (non-hydrogen) atoms. The first-order valence-corrected chi connectivity index (χ1v) is 6.16. The Morgan fingerprint density at radius 2 is 2.20 bits per heavy atom. The van der Waals surface area contributed by atoms with Gasteiger partial charge in [-0.2, -0.15) is 0 Å². The van der Waals surface area contributed by atoms with Crippen molar-refractivity contribution in [3.63, 3.8) is 0 Å². The van der Waals surface area contributed by atoms with E-state index in [4.69, 9.17) is 0 Å². The van der Waals surface area contributed by atoms with E-state index in [1.165, 1.54) is 12.8 Å². The molecule has 1 atom stereocenters. The van der Waals surface area contributed by atoms with E-state index in [1.807, 2.05) is 4.90 Å². The van der Waals surface area contributed by atoms with E-state index < -0.39 is 0 Å². The summed E-state index contributed by atoms with van der Waals surface area (Å²) in [4.78, 5) is 14.0. The summed E-state index contributed by atoms with van der Waals surface area (Å²) >= 11 is 0. The second kappa shape index (κ2) is 5.50. The van der Waals surface area contributed by atoms with Gasteiger partial charge in [-0.1, -0.05) is 0 Å². The van der Waals surface area contributed by atoms with Crippen LogP contribution in [0.1, 0.15) is 32.1 Å². The fraction of sp³-hybridized carbons (Fsp3) is 0.833. The number of nitrogens with one attached hydrogen (secondary N) is 1. The first kappa shape index (κ1) is 10.9. The van der Waals surface area contributed by atoms with Gasteiger partial charge in [0.25, 0.3) is 0 Å². The van der Waals surface area contributed by atoms with Crippen molar-refractivity contribution in [2.24, 2.45) is 5.92 Å². The molecule has 2 saturated heterocycles. The molecule has 0 aromatic rings. The lowest BCUT2D eigenvalue weighted by Gasteiger charge is -2.29. The van der Waals surface area contributed by atoms with Gasteiger partial charge < -0.3 is 10.2 Å². The third kappa shape index (κ3) is 3.20. The van der Waals surface area contributed by atoms with Crippen molar-refractivity contribution in [2.45, 2.75) is 32.1 Å². The summed E-state index contributed by atoms with van der Waals surface area (Å²) in [6.45, 7) is 4.05. The molecule has 85 valence electrons. The molecule has 2 aliphatic heterocycles. The minimum atomic E-state index is 0.372. The maximum absolute atomic E-state index is 12.0. The fourth-order valence-corrected chi connectivity index (χ4v) is 2.47. The van der Waals surface area contributed by atoms with Crippen molar-refractivity contribution < 1.29 is 4.79 Å². The summed E-state index contributed by atoms with van der Waals surface area (Å²) in [6, 6.07) is 0. The van der Waals surface area contributed by atoms with Crippen LogP contribution in [0.25, 0.3) is 0 Å². The predicted octanol–water partition coefficient (Wildman–Crippen LogP) is 1.20. The van der Waals surface area contributed by atoms with Crippen LogP contribution in [0.5, 0.6) is 0 Å². The summed E-state index contributed by atoms with van der Waals surface area (Å²) < 4.78 is 0. The Balaban J connectivity index is 1.74. The van der Waals surface area contributed by atoms with Crippen LogP contribution < -0.4 is 5.32 Å². The minimum absolute atomic E-state index is 0.372. The molecule has 0 aromatic heterocycles. The van der Waals surface area contributed by atoms with Crippen LogP contribution >= 0.6 is 0 Å². The summed E-state index contributed by atoms with van der Waals surface area (Å²) in [5.41, 5.74) is 0. The lowest BCUT2D eigenvalue weighted by atomic mass is 9.95. The van der Waals surface area contributed by atoms with E-state index in [2.05, 4.69) is 11.7 Å². The van der Waals surface area contributed by atoms with E-state index in [-0.39, 0.29) is 0 Å². The Labute approximate surface area is 92.2 Å². The lowest BCUT2D eigenvalue weighted by molar-refractivity contribution is -0.132. The number of amides is 1. The van der Waals surface area contributed by atoms with Gasteiger partial charge >= 0.3 is 0 Å². The van der Waals surface area contributed by atoms with Gasteiger partial charge in [-0.3, -0.25) is 4.79 Å². The molecule has 0 aliphatic carbocycles. The number of hydrogen-bond donors (Lipinski definition) is 1. The minimum Gasteiger partial charge on any atom is -0.343 e. The van der Waals surface area contributed by atoms with Crippen molar-refractivity contribution in [2.75, 3.05) is 26.2 Å². The molecule has 0 aromatic carbocycles. The molecular formula is C12H21N2O. The van der Waals surface area contributed by atoms with Gasteiger partial charge in [-0.05, 0) is 51.1 Å². The number of carbonyl (C=O) groups excluding carboxylic acids is 1. The van der Waals surface area contributed by atoms with Gasteiger partial charge in [-0.25, -0.2) is 0 Å². The van der Waals surface area contributed by atoms with Gasteiger partial charge in [0.05, 0.1) is 0 Å². The highest BCUT2D eigenvalue weighted by Gasteiger charge is 2.21. The van der Waals surface area contributed by atoms with Crippen molar-refractivity contribution in [3.05, 3.63) is 6.42 Å². The highest BCUT2D eigenvalue weighted by molar-refractivity contribution is 5.76. The number of nitrogens with zero attached hydrogens (tertiary/aromatic N) is 1. The molecule has 1 amide bonds. The average Bonchev–Trinajstić information content (AvgIpc) is 2.31. The van der Waals surface area contributed by atoms with Gasteiger partial charge in [0, 0.05) is 19.5 Å². The Kier molecular flexibility index (Phi) is 4.01. The van der Waals surface area contributed by atoms with Crippen molar-refractivity contribution in [1.29, 1.82) is 0 Å². The highest BCUT2D eigenvalue weighted by Crippen LogP contribution is 2.17. The van der Waals surface area contributed by atoms with E-state index >= 15 is 0 Å². The monoisotopic (exact) mass is 209 g/mol. The highest BCUT2D eigenvalue weighted by atomic mass is 16.2. The molecule has 2 aliphatic rings. The van der Waals surface area contributed by atoms with Crippen LogP contribution in [0.15, 0.2) is 0 Å². The standard InChI is InChI=1S/C12H21N2O/c15-12(14-7-2-1-3-8-14)9-11-5-4-6-13-10-11/h1,11,13H,2-10H2/t11-/m0/s1. The van der Waals surface area contributed by atoms with Crippen LogP contribution in [0.3, 0.4) is 0 Å². The van der Waals surface area contributed by atoms with Gasteiger partial charge in [0.15, 0.2) is 0 Å². The Morgan fingerprint density at radius 1 is 1.40 bits per heavy atom. The first-order valence-electron chi connectivity index (χ1n) is 6.16. The van der Waals surface area contributed by atoms with Crippen LogP contribution in [-0.2, 0) is 4.79 Å². The zero-order valence-electron chi connectivity index (χ0n) is 9.37. The van der Waals surface area contributed by atoms with E-state index in [0.29, 0.717) is 11.8 Å². The molecule has 0 saturated carbocycles. The molecule has 3 nitrogen and oxygen atoms in total. The number of piperidine rings is 2. The molecule has 2 heterocycles. The zero-order valence-corrected chi connectivity index (χ0v) is 9.37. The molecule has 0 unspecified atom stereocenters. The third-order valence-electron chi connectivity index (χ3n) is 3.42. The number of hydrogen-bond acceptors (Lipinski definition) is 2. The first-order chi connectivity index (χ1) is 7.36. The second-order valence-corrected chi connectivity index (χ2v) is 4.66. The summed E-state index contributed by atoms with van der Waals surface area (Å²) in [6.07, 6.45) is 7.65. The molecule has 2 rings (SSSR count). The van der Waals surface area contributed by atoms with E-state index in [9.17, 15) is 4.79 Å². The molecule has 1 radical (unpaired) electrons. The SMILES string of the molecule is O=C(C[C@@H]1CCCNC1)N1CC[CH]CC1. The van der Waals surface area contributed by atoms with Gasteiger partial charge in [0.1, 0.15) is 0 Å². The van der Waals surface area contributed by atoms with Crippen molar-refractivity contribution >= 4 is 5.91 Å². The Hall–Kier alpha value is -0.570. The maximum Gasteiger partial charge on any atom is 0.222 e. The number of likely N-dealkylation sites (tertiary alicyclic amines) is 1. The normalized spacial score (nSPS) is 27.7. The molecule has 1 N–H and O–H groups in total. The summed E-state index contributed by atoms with van der Waals surface area (Å²) in [5.74, 6) is 0.953. The average molecular weight is 209 g/mol. The fourth-order valence-electron chi connectivity index (χ4n) is 2.47. The molecule has 2 fully saturated rings. The zero-order chi connectivity index (χ0) is 10.5. The van der Waals surface area contributed by atoms with E-state index in [0.717, 1.165) is 45.4 Å². The Bertz CT molecular complexity index is 206. The maximum atomic E-state index is 12.0. The van der Waals surface area contributed by atoms with Crippen LogP contribution in [-0.4, -0.2) is 37.0 Å². The topological polar surface area (TPSA) is 32.3 Å². The van der Waals surface area contributed by atoms with Crippen molar-refractivity contribution in [1.82, 2.24) is 10.2 Å². The quantitative estimate of drug-likeness (QED) is 0.741. The van der Waals surface area contributed by atoms with Gasteiger partial charge in [0.2, 0.25) is 5.91 Å². The second-order valence-electron chi connectivity index (χ2n) is 4.66. The lowest BCUT2D eigenvalue weighted by Crippen LogP contribution is -2.39. The smallest absolute Gasteiger partial charge is 0.222 e. The largest absolute Gasteiger partial charge is 0.343 e. The van der Waals surface area contributed by atoms with Crippen LogP contribution in [0.4, 0.5) is 0 Å². The molecule has 3 heteroatoms. The van der Waals surface area contributed by atoms with E-state index in [1.54, 1.807) is 0 Å².